The number of β-amino-alcohol motifs (C(OH)–C–C–N with tert-alkyl or cyclic N) is 1. The minimum atomic E-state index is -0.689. The number of anilines is 1. The summed E-state index contributed by atoms with van der Waals surface area (Å²) in [6.45, 7) is 8.50. The zero-order valence-corrected chi connectivity index (χ0v) is 26.2. The molecule has 10 heteroatoms. The number of hydrogen-bond acceptors (Lipinski definition) is 7. The molecule has 0 aliphatic carbocycles. The quantitative estimate of drug-likeness (QED) is 0.198. The number of amides is 3. The first-order valence-electron chi connectivity index (χ1n) is 15.4. The van der Waals surface area contributed by atoms with Gasteiger partial charge in [-0.2, -0.15) is 0 Å². The van der Waals surface area contributed by atoms with Gasteiger partial charge in [-0.05, 0) is 82.0 Å². The van der Waals surface area contributed by atoms with Crippen molar-refractivity contribution in [2.75, 3.05) is 18.0 Å². The van der Waals surface area contributed by atoms with Crippen molar-refractivity contribution in [1.82, 2.24) is 20.9 Å². The van der Waals surface area contributed by atoms with Gasteiger partial charge in [-0.15, -0.1) is 0 Å². The fraction of sp³-hybridized carbons (Fsp3) is 0.371. The van der Waals surface area contributed by atoms with Crippen molar-refractivity contribution in [2.24, 2.45) is 0 Å². The Kier molecular flexibility index (Phi) is 9.65. The molecule has 0 fully saturated rings. The summed E-state index contributed by atoms with van der Waals surface area (Å²) in [5.74, 6) is -0.268. The maximum Gasteiger partial charge on any atom is 0.252 e. The fourth-order valence-corrected chi connectivity index (χ4v) is 5.64. The number of oxazole rings is 1. The van der Waals surface area contributed by atoms with Crippen LogP contribution in [0.15, 0.2) is 71.1 Å². The van der Waals surface area contributed by atoms with Crippen molar-refractivity contribution in [3.63, 3.8) is 0 Å². The van der Waals surface area contributed by atoms with Crippen LogP contribution in [0, 0.1) is 0 Å². The average Bonchev–Trinajstić information content (AvgIpc) is 3.39. The average molecular weight is 612 g/mol. The molecule has 0 radical (unpaired) electrons. The Labute approximate surface area is 263 Å². The Bertz CT molecular complexity index is 1690. The monoisotopic (exact) mass is 611 g/mol. The molecule has 10 nitrogen and oxygen atoms in total. The molecule has 2 heterocycles. The van der Waals surface area contributed by atoms with E-state index in [9.17, 15) is 19.5 Å². The number of fused-ring (bicyclic) bond motifs is 2. The first-order valence-corrected chi connectivity index (χ1v) is 15.4. The van der Waals surface area contributed by atoms with E-state index in [2.05, 4.69) is 16.0 Å². The SMILES string of the molecule is CCNC(=O)c1ccccc1-c1nc2cc(CN3C(=O)[C@H](NC(=O)CC(C)(C)NC[C@@H](C)O)CCc4ccccc43)ccc2o1. The van der Waals surface area contributed by atoms with E-state index in [0.29, 0.717) is 54.0 Å². The number of aliphatic hydroxyl groups is 1. The van der Waals surface area contributed by atoms with Gasteiger partial charge in [0.15, 0.2) is 5.58 Å². The van der Waals surface area contributed by atoms with Gasteiger partial charge in [-0.25, -0.2) is 4.98 Å². The zero-order chi connectivity index (χ0) is 32.1. The van der Waals surface area contributed by atoms with Gasteiger partial charge in [0.25, 0.3) is 5.91 Å². The third kappa shape index (κ3) is 7.58. The molecule has 0 saturated heterocycles. The lowest BCUT2D eigenvalue weighted by Crippen LogP contribution is -2.51. The van der Waals surface area contributed by atoms with Gasteiger partial charge in [0, 0.05) is 36.3 Å². The first-order chi connectivity index (χ1) is 21.5. The van der Waals surface area contributed by atoms with Crippen LogP contribution >= 0.6 is 0 Å². The normalized spacial score (nSPS) is 15.8. The molecule has 1 aliphatic rings. The Balaban J connectivity index is 1.38. The Hall–Kier alpha value is -4.54. The molecule has 3 amide bonds. The van der Waals surface area contributed by atoms with E-state index < -0.39 is 17.7 Å². The molecule has 4 N–H and O–H groups in total. The van der Waals surface area contributed by atoms with Crippen molar-refractivity contribution >= 4 is 34.5 Å². The number of nitrogens with one attached hydrogen (secondary N) is 3. The van der Waals surface area contributed by atoms with E-state index in [4.69, 9.17) is 9.40 Å². The van der Waals surface area contributed by atoms with Gasteiger partial charge in [-0.3, -0.25) is 14.4 Å². The summed E-state index contributed by atoms with van der Waals surface area (Å²) in [4.78, 5) is 46.2. The van der Waals surface area contributed by atoms with Crippen LogP contribution in [0.4, 0.5) is 5.69 Å². The standard InChI is InChI=1S/C35H41N5O5/c1-5-36-32(43)25-11-7-8-12-26(25)33-39-28-18-23(14-17-30(28)45-33)21-40-29-13-9-6-10-24(29)15-16-27(34(40)44)38-31(42)19-35(3,4)37-20-22(2)41/h6-14,17-18,22,27,37,41H,5,15-16,19-21H2,1-4H3,(H,36,43)(H,38,42)/t22-,27-/m1/s1. The minimum Gasteiger partial charge on any atom is -0.436 e. The Morgan fingerprint density at radius 3 is 2.64 bits per heavy atom. The number of nitrogens with zero attached hydrogens (tertiary/aromatic N) is 2. The molecule has 45 heavy (non-hydrogen) atoms. The summed E-state index contributed by atoms with van der Waals surface area (Å²) in [5, 5.41) is 18.7. The summed E-state index contributed by atoms with van der Waals surface area (Å²) >= 11 is 0. The summed E-state index contributed by atoms with van der Waals surface area (Å²) < 4.78 is 6.06. The molecule has 3 aromatic carbocycles. The predicted molar refractivity (Wildman–Crippen MR) is 174 cm³/mol. The number of benzene rings is 3. The van der Waals surface area contributed by atoms with E-state index in [-0.39, 0.29) is 30.7 Å². The van der Waals surface area contributed by atoms with E-state index in [1.165, 1.54) is 0 Å². The predicted octanol–water partition coefficient (Wildman–Crippen LogP) is 4.35. The molecule has 5 rings (SSSR count). The van der Waals surface area contributed by atoms with Crippen molar-refractivity contribution in [3.8, 4) is 11.5 Å². The van der Waals surface area contributed by atoms with Crippen molar-refractivity contribution in [1.29, 1.82) is 0 Å². The molecule has 0 unspecified atom stereocenters. The van der Waals surface area contributed by atoms with E-state index in [1.54, 1.807) is 24.0 Å². The molecule has 0 saturated carbocycles. The topological polar surface area (TPSA) is 137 Å². The van der Waals surface area contributed by atoms with Crippen LogP contribution in [0.2, 0.25) is 0 Å². The lowest BCUT2D eigenvalue weighted by atomic mass is 9.99. The van der Waals surface area contributed by atoms with Crippen molar-refractivity contribution < 1.29 is 23.9 Å². The molecule has 4 aromatic rings. The number of aryl methyl sites for hydroxylation is 1. The van der Waals surface area contributed by atoms with E-state index in [0.717, 1.165) is 16.8 Å². The van der Waals surface area contributed by atoms with Gasteiger partial charge in [-0.1, -0.05) is 36.4 Å². The minimum absolute atomic E-state index is 0.158. The number of aliphatic hydroxyl groups excluding tert-OH is 1. The van der Waals surface area contributed by atoms with E-state index in [1.807, 2.05) is 75.4 Å². The zero-order valence-electron chi connectivity index (χ0n) is 26.2. The molecule has 1 aliphatic heterocycles. The highest BCUT2D eigenvalue weighted by Crippen LogP contribution is 2.31. The molecular weight excluding hydrogens is 570 g/mol. The third-order valence-electron chi connectivity index (χ3n) is 7.89. The van der Waals surface area contributed by atoms with Crippen LogP contribution in [0.1, 0.15) is 62.0 Å². The lowest BCUT2D eigenvalue weighted by molar-refractivity contribution is -0.128. The molecule has 0 bridgehead atoms. The van der Waals surface area contributed by atoms with Crippen LogP contribution in [0.25, 0.3) is 22.6 Å². The maximum absolute atomic E-state index is 14.0. The maximum atomic E-state index is 14.0. The number of carbonyl (C=O) groups excluding carboxylic acids is 3. The molecule has 1 aromatic heterocycles. The Morgan fingerprint density at radius 1 is 1.11 bits per heavy atom. The lowest BCUT2D eigenvalue weighted by Gasteiger charge is -2.29. The number of aromatic nitrogens is 1. The van der Waals surface area contributed by atoms with Crippen LogP contribution in [0.5, 0.6) is 0 Å². The number of para-hydroxylation sites is 1. The van der Waals surface area contributed by atoms with Gasteiger partial charge >= 0.3 is 0 Å². The smallest absolute Gasteiger partial charge is 0.252 e. The highest BCUT2D eigenvalue weighted by molar-refractivity contribution is 6.01. The third-order valence-corrected chi connectivity index (χ3v) is 7.89. The summed E-state index contributed by atoms with van der Waals surface area (Å²) in [7, 11) is 0. The summed E-state index contributed by atoms with van der Waals surface area (Å²) in [6.07, 6.45) is 0.749. The second-order valence-electron chi connectivity index (χ2n) is 12.2. The van der Waals surface area contributed by atoms with Crippen LogP contribution in [-0.2, 0) is 22.6 Å². The first kappa shape index (κ1) is 31.9. The molecular formula is C35H41N5O5. The largest absolute Gasteiger partial charge is 0.436 e. The van der Waals surface area contributed by atoms with Crippen LogP contribution in [-0.4, -0.2) is 58.6 Å². The summed E-state index contributed by atoms with van der Waals surface area (Å²) in [5.41, 5.74) is 4.40. The van der Waals surface area contributed by atoms with Gasteiger partial charge in [0.1, 0.15) is 11.6 Å². The van der Waals surface area contributed by atoms with Crippen LogP contribution in [0.3, 0.4) is 0 Å². The molecule has 0 spiro atoms. The second-order valence-corrected chi connectivity index (χ2v) is 12.2. The number of hydrogen-bond donors (Lipinski definition) is 4. The highest BCUT2D eigenvalue weighted by atomic mass is 16.3. The van der Waals surface area contributed by atoms with Crippen LogP contribution < -0.4 is 20.9 Å². The van der Waals surface area contributed by atoms with E-state index >= 15 is 0 Å². The molecule has 236 valence electrons. The summed E-state index contributed by atoms with van der Waals surface area (Å²) in [6, 6.07) is 19.9. The fourth-order valence-electron chi connectivity index (χ4n) is 5.64. The second kappa shape index (κ2) is 13.6. The van der Waals surface area contributed by atoms with Gasteiger partial charge in [0.2, 0.25) is 17.7 Å². The van der Waals surface area contributed by atoms with Crippen molar-refractivity contribution in [2.45, 2.75) is 71.2 Å². The molecule has 2 atom stereocenters. The van der Waals surface area contributed by atoms with Gasteiger partial charge in [0.05, 0.1) is 18.2 Å². The highest BCUT2D eigenvalue weighted by Gasteiger charge is 2.33. The number of carbonyl (C=O) groups is 3. The van der Waals surface area contributed by atoms with Gasteiger partial charge < -0.3 is 30.4 Å². The Morgan fingerprint density at radius 2 is 1.87 bits per heavy atom. The number of rotatable bonds is 11. The van der Waals surface area contributed by atoms with Crippen molar-refractivity contribution in [3.05, 3.63) is 83.4 Å².